The molecule has 2 nitrogen and oxygen atoms in total. The van der Waals surface area contributed by atoms with Gasteiger partial charge in [-0.2, -0.15) is 22.0 Å². The maximum atomic E-state index is 12.5. The number of hydrogen-bond donors (Lipinski definition) is 0. The smallest absolute Gasteiger partial charge is 0.296 e. The lowest BCUT2D eigenvalue weighted by molar-refractivity contribution is -0.289. The molecule has 1 aromatic rings. The molecular formula is C6H2F5NOS. The van der Waals surface area contributed by atoms with Crippen molar-refractivity contribution in [2.24, 2.45) is 0 Å². The van der Waals surface area contributed by atoms with E-state index in [4.69, 9.17) is 0 Å². The van der Waals surface area contributed by atoms with Gasteiger partial charge in [-0.05, 0) is 0 Å². The molecule has 0 N–H and O–H groups in total. The van der Waals surface area contributed by atoms with E-state index in [0.717, 1.165) is 5.38 Å². The monoisotopic (exact) mass is 231 g/mol. The van der Waals surface area contributed by atoms with Crippen molar-refractivity contribution >= 4 is 17.6 Å². The molecule has 8 heteroatoms. The maximum Gasteiger partial charge on any atom is 0.460 e. The molecule has 0 saturated carbocycles. The van der Waals surface area contributed by atoms with Crippen LogP contribution in [0.3, 0.4) is 0 Å². The van der Waals surface area contributed by atoms with Gasteiger partial charge in [-0.25, -0.2) is 4.98 Å². The van der Waals surface area contributed by atoms with Crippen molar-refractivity contribution in [3.05, 3.63) is 16.1 Å². The van der Waals surface area contributed by atoms with Crippen LogP contribution in [0.15, 0.2) is 5.38 Å². The second kappa shape index (κ2) is 3.26. The Kier molecular flexibility index (Phi) is 2.57. The second-order valence-corrected chi connectivity index (χ2v) is 3.13. The number of thiazole rings is 1. The van der Waals surface area contributed by atoms with Crippen LogP contribution in [0.4, 0.5) is 22.0 Å². The van der Waals surface area contributed by atoms with Crippen LogP contribution in [-0.4, -0.2) is 17.4 Å². The van der Waals surface area contributed by atoms with Crippen LogP contribution in [0.1, 0.15) is 15.5 Å². The Labute approximate surface area is 78.4 Å². The molecule has 0 saturated heterocycles. The first-order chi connectivity index (χ1) is 6.29. The molecule has 0 atom stereocenters. The molecule has 1 heterocycles. The van der Waals surface area contributed by atoms with Crippen molar-refractivity contribution in [1.82, 2.24) is 4.98 Å². The zero-order valence-corrected chi connectivity index (χ0v) is 7.12. The van der Waals surface area contributed by atoms with Crippen molar-refractivity contribution < 1.29 is 26.7 Å². The van der Waals surface area contributed by atoms with E-state index in [1.807, 2.05) is 0 Å². The lowest BCUT2D eigenvalue weighted by Gasteiger charge is -2.16. The second-order valence-electron chi connectivity index (χ2n) is 2.27. The highest BCUT2D eigenvalue weighted by atomic mass is 32.1. The fourth-order valence-corrected chi connectivity index (χ4v) is 1.37. The summed E-state index contributed by atoms with van der Waals surface area (Å²) in [4.78, 5) is 12.9. The predicted molar refractivity (Wildman–Crippen MR) is 37.5 cm³/mol. The average Bonchev–Trinajstić information content (AvgIpc) is 2.49. The molecule has 14 heavy (non-hydrogen) atoms. The third kappa shape index (κ3) is 1.74. The van der Waals surface area contributed by atoms with Gasteiger partial charge in [0.05, 0.1) is 0 Å². The molecule has 0 aliphatic heterocycles. The molecule has 0 amide bonds. The minimum absolute atomic E-state index is 0.0956. The standard InChI is InChI=1S/C6H2F5NOS/c7-5(8,6(9,10)11)4-12-3(1-13)2-14-4/h1-2H. The van der Waals surface area contributed by atoms with Crippen LogP contribution in [-0.2, 0) is 5.92 Å². The van der Waals surface area contributed by atoms with E-state index in [1.54, 1.807) is 0 Å². The molecule has 0 bridgehead atoms. The first-order valence-electron chi connectivity index (χ1n) is 3.15. The molecule has 0 aliphatic carbocycles. The Morgan fingerprint density at radius 3 is 2.21 bits per heavy atom. The van der Waals surface area contributed by atoms with Gasteiger partial charge in [0.15, 0.2) is 11.3 Å². The van der Waals surface area contributed by atoms with E-state index in [9.17, 15) is 26.7 Å². The van der Waals surface area contributed by atoms with Crippen LogP contribution < -0.4 is 0 Å². The molecule has 78 valence electrons. The van der Waals surface area contributed by atoms with Gasteiger partial charge in [0.25, 0.3) is 0 Å². The summed E-state index contributed by atoms with van der Waals surface area (Å²) in [5.41, 5.74) is -0.436. The first kappa shape index (κ1) is 11.0. The first-order valence-corrected chi connectivity index (χ1v) is 4.02. The summed E-state index contributed by atoms with van der Waals surface area (Å²) in [5.74, 6) is -5.00. The SMILES string of the molecule is O=Cc1csc(C(F)(F)C(F)(F)F)n1. The highest BCUT2D eigenvalue weighted by Crippen LogP contribution is 2.44. The van der Waals surface area contributed by atoms with Crippen molar-refractivity contribution in [1.29, 1.82) is 0 Å². The van der Waals surface area contributed by atoms with Gasteiger partial charge in [-0.3, -0.25) is 4.79 Å². The summed E-state index contributed by atoms with van der Waals surface area (Å²) in [7, 11) is 0. The van der Waals surface area contributed by atoms with E-state index >= 15 is 0 Å². The molecule has 0 aliphatic rings. The zero-order valence-electron chi connectivity index (χ0n) is 6.31. The number of carbonyl (C=O) groups excluding carboxylic acids is 1. The Morgan fingerprint density at radius 1 is 1.29 bits per heavy atom. The normalized spacial score (nSPS) is 12.9. The van der Waals surface area contributed by atoms with Crippen LogP contribution >= 0.6 is 11.3 Å². The summed E-state index contributed by atoms with van der Waals surface area (Å²) in [6.07, 6.45) is -5.59. The topological polar surface area (TPSA) is 30.0 Å². The number of carbonyl (C=O) groups is 1. The van der Waals surface area contributed by atoms with Gasteiger partial charge < -0.3 is 0 Å². The highest BCUT2D eigenvalue weighted by Gasteiger charge is 2.60. The predicted octanol–water partition coefficient (Wildman–Crippen LogP) is 2.61. The zero-order chi connectivity index (χ0) is 11.0. The Bertz CT molecular complexity index is 344. The van der Waals surface area contributed by atoms with E-state index in [2.05, 4.69) is 4.98 Å². The number of rotatable bonds is 2. The van der Waals surface area contributed by atoms with Gasteiger partial charge in [0.1, 0.15) is 5.69 Å². The lowest BCUT2D eigenvalue weighted by Crippen LogP contribution is -2.33. The molecule has 0 aromatic carbocycles. The van der Waals surface area contributed by atoms with E-state index < -0.39 is 22.8 Å². The molecule has 1 aromatic heterocycles. The summed E-state index contributed by atoms with van der Waals surface area (Å²) in [6.45, 7) is 0. The number of aromatic nitrogens is 1. The number of nitrogens with zero attached hydrogens (tertiary/aromatic N) is 1. The van der Waals surface area contributed by atoms with Crippen LogP contribution in [0, 0.1) is 0 Å². The summed E-state index contributed by atoms with van der Waals surface area (Å²) in [6, 6.07) is 0. The van der Waals surface area contributed by atoms with Gasteiger partial charge in [-0.15, -0.1) is 11.3 Å². The van der Waals surface area contributed by atoms with Crippen LogP contribution in [0.5, 0.6) is 0 Å². The summed E-state index contributed by atoms with van der Waals surface area (Å²) < 4.78 is 60.3. The summed E-state index contributed by atoms with van der Waals surface area (Å²) >= 11 is 0.0956. The quantitative estimate of drug-likeness (QED) is 0.578. The molecule has 0 fully saturated rings. The molecule has 0 radical (unpaired) electrons. The van der Waals surface area contributed by atoms with Crippen molar-refractivity contribution in [3.63, 3.8) is 0 Å². The van der Waals surface area contributed by atoms with Crippen LogP contribution in [0.2, 0.25) is 0 Å². The Balaban J connectivity index is 3.09. The van der Waals surface area contributed by atoms with Gasteiger partial charge in [0.2, 0.25) is 0 Å². The number of aldehydes is 1. The van der Waals surface area contributed by atoms with Crippen molar-refractivity contribution in [3.8, 4) is 0 Å². The maximum absolute atomic E-state index is 12.5. The molecule has 0 unspecified atom stereocenters. The molecule has 1 rings (SSSR count). The number of halogens is 5. The Hall–Kier alpha value is -1.05. The summed E-state index contributed by atoms with van der Waals surface area (Å²) in [5, 5.41) is -0.589. The minimum atomic E-state index is -5.69. The molecular weight excluding hydrogens is 229 g/mol. The van der Waals surface area contributed by atoms with Gasteiger partial charge in [0, 0.05) is 5.38 Å². The van der Waals surface area contributed by atoms with Gasteiger partial charge >= 0.3 is 12.1 Å². The third-order valence-electron chi connectivity index (χ3n) is 1.27. The van der Waals surface area contributed by atoms with E-state index in [0.29, 0.717) is 0 Å². The number of alkyl halides is 5. The van der Waals surface area contributed by atoms with E-state index in [-0.39, 0.29) is 17.6 Å². The fourth-order valence-electron chi connectivity index (χ4n) is 0.606. The highest BCUT2D eigenvalue weighted by molar-refractivity contribution is 7.09. The van der Waals surface area contributed by atoms with Crippen molar-refractivity contribution in [2.75, 3.05) is 0 Å². The molecule has 0 spiro atoms. The lowest BCUT2D eigenvalue weighted by atomic mass is 10.3. The third-order valence-corrected chi connectivity index (χ3v) is 2.20. The number of hydrogen-bond acceptors (Lipinski definition) is 3. The van der Waals surface area contributed by atoms with Crippen molar-refractivity contribution in [2.45, 2.75) is 12.1 Å². The average molecular weight is 231 g/mol. The van der Waals surface area contributed by atoms with E-state index in [1.165, 1.54) is 0 Å². The Morgan fingerprint density at radius 2 is 1.86 bits per heavy atom. The largest absolute Gasteiger partial charge is 0.460 e. The van der Waals surface area contributed by atoms with Gasteiger partial charge in [-0.1, -0.05) is 0 Å². The fraction of sp³-hybridized carbons (Fsp3) is 0.333. The minimum Gasteiger partial charge on any atom is -0.296 e. The van der Waals surface area contributed by atoms with Crippen LogP contribution in [0.25, 0.3) is 0 Å².